The molecule has 0 atom stereocenters. The van der Waals surface area contributed by atoms with Gasteiger partial charge in [-0.1, -0.05) is 6.07 Å². The van der Waals surface area contributed by atoms with Crippen LogP contribution in [0.5, 0.6) is 5.75 Å². The molecule has 0 aliphatic carbocycles. The van der Waals surface area contributed by atoms with Crippen LogP contribution in [0.1, 0.15) is 12.8 Å². The van der Waals surface area contributed by atoms with E-state index in [9.17, 15) is 5.11 Å². The zero-order chi connectivity index (χ0) is 12.1. The van der Waals surface area contributed by atoms with Gasteiger partial charge in [-0.05, 0) is 38.1 Å². The number of aliphatic hydroxyl groups is 1. The highest BCUT2D eigenvalue weighted by atomic mass is 16.5. The van der Waals surface area contributed by atoms with Crippen molar-refractivity contribution >= 4 is 5.69 Å². The summed E-state index contributed by atoms with van der Waals surface area (Å²) in [5.74, 6) is 0.831. The van der Waals surface area contributed by atoms with Crippen molar-refractivity contribution in [3.05, 3.63) is 24.3 Å². The van der Waals surface area contributed by atoms with Crippen molar-refractivity contribution in [1.82, 2.24) is 5.32 Å². The van der Waals surface area contributed by atoms with E-state index in [1.165, 1.54) is 0 Å². The number of piperidine rings is 1. The number of nitrogens with one attached hydrogen (secondary N) is 2. The summed E-state index contributed by atoms with van der Waals surface area (Å²) in [6.07, 6.45) is 1.86. The zero-order valence-corrected chi connectivity index (χ0v) is 10.2. The summed E-state index contributed by atoms with van der Waals surface area (Å²) >= 11 is 0. The van der Waals surface area contributed by atoms with Gasteiger partial charge in [-0.2, -0.15) is 0 Å². The Bertz CT molecular complexity index is 362. The maximum Gasteiger partial charge on any atom is 0.120 e. The fraction of sp³-hybridized carbons (Fsp3) is 0.538. The van der Waals surface area contributed by atoms with E-state index in [2.05, 4.69) is 10.6 Å². The largest absolute Gasteiger partial charge is 0.497 e. The van der Waals surface area contributed by atoms with Crippen LogP contribution in [-0.2, 0) is 0 Å². The van der Waals surface area contributed by atoms with Gasteiger partial charge in [0.05, 0.1) is 19.3 Å². The summed E-state index contributed by atoms with van der Waals surface area (Å²) in [6.45, 7) is 2.04. The Labute approximate surface area is 102 Å². The van der Waals surface area contributed by atoms with Crippen LogP contribution in [0.2, 0.25) is 0 Å². The second-order valence-electron chi connectivity index (χ2n) is 4.55. The van der Waals surface area contributed by atoms with Crippen LogP contribution in [0, 0.1) is 0 Å². The number of hydrogen-bond acceptors (Lipinski definition) is 4. The monoisotopic (exact) mass is 236 g/mol. The maximum atomic E-state index is 9.61. The first-order valence-electron chi connectivity index (χ1n) is 6.02. The third-order valence-corrected chi connectivity index (χ3v) is 3.34. The number of methoxy groups -OCH3 is 1. The molecule has 17 heavy (non-hydrogen) atoms. The molecule has 1 fully saturated rings. The lowest BCUT2D eigenvalue weighted by atomic mass is 9.89. The van der Waals surface area contributed by atoms with E-state index in [4.69, 9.17) is 4.74 Å². The number of aliphatic hydroxyl groups excluding tert-OH is 1. The third-order valence-electron chi connectivity index (χ3n) is 3.34. The van der Waals surface area contributed by atoms with Crippen molar-refractivity contribution in [3.8, 4) is 5.75 Å². The van der Waals surface area contributed by atoms with Crippen molar-refractivity contribution in [3.63, 3.8) is 0 Å². The first-order chi connectivity index (χ1) is 8.28. The number of anilines is 1. The molecule has 0 spiro atoms. The Morgan fingerprint density at radius 1 is 1.41 bits per heavy atom. The predicted octanol–water partition coefficient (Wildman–Crippen LogP) is 1.22. The molecular formula is C13H20N2O2. The van der Waals surface area contributed by atoms with Gasteiger partial charge in [-0.25, -0.2) is 0 Å². The van der Waals surface area contributed by atoms with E-state index in [0.29, 0.717) is 0 Å². The lowest BCUT2D eigenvalue weighted by Gasteiger charge is -2.37. The molecule has 94 valence electrons. The average Bonchev–Trinajstić information content (AvgIpc) is 2.40. The van der Waals surface area contributed by atoms with Crippen molar-refractivity contribution in [1.29, 1.82) is 0 Å². The summed E-state index contributed by atoms with van der Waals surface area (Å²) in [5, 5.41) is 16.4. The van der Waals surface area contributed by atoms with Crippen LogP contribution in [0.3, 0.4) is 0 Å². The second-order valence-corrected chi connectivity index (χ2v) is 4.55. The fourth-order valence-corrected chi connectivity index (χ4v) is 2.23. The van der Waals surface area contributed by atoms with Gasteiger partial charge in [-0.15, -0.1) is 0 Å². The van der Waals surface area contributed by atoms with E-state index >= 15 is 0 Å². The highest BCUT2D eigenvalue weighted by Gasteiger charge is 2.30. The van der Waals surface area contributed by atoms with Crippen LogP contribution in [0.25, 0.3) is 0 Å². The molecule has 1 heterocycles. The molecule has 0 amide bonds. The number of ether oxygens (including phenoxy) is 1. The molecule has 1 aliphatic heterocycles. The Morgan fingerprint density at radius 2 is 2.18 bits per heavy atom. The van der Waals surface area contributed by atoms with Crippen molar-refractivity contribution in [2.45, 2.75) is 18.4 Å². The quantitative estimate of drug-likeness (QED) is 0.736. The summed E-state index contributed by atoms with van der Waals surface area (Å²) in [4.78, 5) is 0. The average molecular weight is 236 g/mol. The fourth-order valence-electron chi connectivity index (χ4n) is 2.23. The van der Waals surface area contributed by atoms with E-state index in [1.807, 2.05) is 24.3 Å². The number of benzene rings is 1. The molecule has 0 unspecified atom stereocenters. The Morgan fingerprint density at radius 3 is 2.82 bits per heavy atom. The van der Waals surface area contributed by atoms with Crippen molar-refractivity contribution < 1.29 is 9.84 Å². The summed E-state index contributed by atoms with van der Waals surface area (Å²) in [6, 6.07) is 7.83. The van der Waals surface area contributed by atoms with Gasteiger partial charge in [0.25, 0.3) is 0 Å². The minimum absolute atomic E-state index is 0.159. The van der Waals surface area contributed by atoms with Gasteiger partial charge in [0.1, 0.15) is 5.75 Å². The van der Waals surface area contributed by atoms with Crippen LogP contribution in [0.15, 0.2) is 24.3 Å². The minimum atomic E-state index is -0.197. The molecule has 1 aliphatic rings. The Hall–Kier alpha value is -1.26. The number of hydrogen-bond donors (Lipinski definition) is 3. The molecule has 0 aromatic heterocycles. The Balaban J connectivity index is 2.11. The minimum Gasteiger partial charge on any atom is -0.497 e. The molecular weight excluding hydrogens is 216 g/mol. The molecule has 0 radical (unpaired) electrons. The third kappa shape index (κ3) is 2.90. The standard InChI is InChI=1S/C13H20N2O2/c1-17-12-4-2-3-11(9-12)15-13(10-16)5-7-14-8-6-13/h2-4,9,14-16H,5-8,10H2,1H3. The van der Waals surface area contributed by atoms with E-state index in [0.717, 1.165) is 37.4 Å². The molecule has 4 nitrogen and oxygen atoms in total. The van der Waals surface area contributed by atoms with Gasteiger partial charge in [0, 0.05) is 11.8 Å². The summed E-state index contributed by atoms with van der Waals surface area (Å²) in [5.41, 5.74) is 0.803. The molecule has 1 saturated heterocycles. The SMILES string of the molecule is COc1cccc(NC2(CO)CCNCC2)c1. The maximum absolute atomic E-state index is 9.61. The molecule has 0 saturated carbocycles. The predicted molar refractivity (Wildman–Crippen MR) is 68.5 cm³/mol. The normalized spacial score (nSPS) is 18.7. The van der Waals surface area contributed by atoms with E-state index < -0.39 is 0 Å². The van der Waals surface area contributed by atoms with Gasteiger partial charge in [0.2, 0.25) is 0 Å². The smallest absolute Gasteiger partial charge is 0.120 e. The lowest BCUT2D eigenvalue weighted by molar-refractivity contribution is 0.179. The number of rotatable bonds is 4. The molecule has 2 rings (SSSR count). The van der Waals surface area contributed by atoms with Gasteiger partial charge < -0.3 is 20.5 Å². The Kier molecular flexibility index (Phi) is 3.86. The van der Waals surface area contributed by atoms with Gasteiger partial charge >= 0.3 is 0 Å². The molecule has 1 aromatic carbocycles. The van der Waals surface area contributed by atoms with Crippen LogP contribution < -0.4 is 15.4 Å². The second kappa shape index (κ2) is 5.38. The van der Waals surface area contributed by atoms with Crippen LogP contribution >= 0.6 is 0 Å². The summed E-state index contributed by atoms with van der Waals surface area (Å²) < 4.78 is 5.20. The van der Waals surface area contributed by atoms with Crippen molar-refractivity contribution in [2.24, 2.45) is 0 Å². The molecule has 3 N–H and O–H groups in total. The van der Waals surface area contributed by atoms with E-state index in [1.54, 1.807) is 7.11 Å². The first-order valence-corrected chi connectivity index (χ1v) is 6.02. The van der Waals surface area contributed by atoms with Gasteiger partial charge in [-0.3, -0.25) is 0 Å². The molecule has 1 aromatic rings. The van der Waals surface area contributed by atoms with Crippen LogP contribution in [-0.4, -0.2) is 37.5 Å². The summed E-state index contributed by atoms with van der Waals surface area (Å²) in [7, 11) is 1.66. The molecule has 4 heteroatoms. The highest BCUT2D eigenvalue weighted by Crippen LogP contribution is 2.26. The topological polar surface area (TPSA) is 53.5 Å². The first kappa shape index (κ1) is 12.2. The zero-order valence-electron chi connectivity index (χ0n) is 10.2. The van der Waals surface area contributed by atoms with Gasteiger partial charge in [0.15, 0.2) is 0 Å². The molecule has 0 bridgehead atoms. The van der Waals surface area contributed by atoms with Crippen LogP contribution in [0.4, 0.5) is 5.69 Å². The highest BCUT2D eigenvalue weighted by molar-refractivity contribution is 5.50. The van der Waals surface area contributed by atoms with E-state index in [-0.39, 0.29) is 12.1 Å². The lowest BCUT2D eigenvalue weighted by Crippen LogP contribution is -2.50. The van der Waals surface area contributed by atoms with Crippen molar-refractivity contribution in [2.75, 3.05) is 32.1 Å².